The van der Waals surface area contributed by atoms with Gasteiger partial charge in [0.1, 0.15) is 11.4 Å². The van der Waals surface area contributed by atoms with Gasteiger partial charge in [0.2, 0.25) is 0 Å². The molecule has 11 heteroatoms. The normalized spacial score (nSPS) is 13.1. The Kier molecular flexibility index (Phi) is 6.10. The Bertz CT molecular complexity index is 933. The third-order valence-corrected chi connectivity index (χ3v) is 3.85. The molecule has 2 aromatic rings. The molecule has 1 N–H and O–H groups in total. The van der Waals surface area contributed by atoms with E-state index in [9.17, 15) is 32.9 Å². The number of ether oxygens (including phenoxy) is 2. The lowest BCUT2D eigenvalue weighted by Gasteiger charge is -2.33. The van der Waals surface area contributed by atoms with E-state index in [0.29, 0.717) is 6.92 Å². The predicted molar refractivity (Wildman–Crippen MR) is 94.2 cm³/mol. The minimum absolute atomic E-state index is 0.0554. The first-order chi connectivity index (χ1) is 13.5. The van der Waals surface area contributed by atoms with Crippen molar-refractivity contribution in [3.63, 3.8) is 0 Å². The van der Waals surface area contributed by atoms with E-state index in [4.69, 9.17) is 4.74 Å². The number of methoxy groups -OCH3 is 1. The largest absolute Gasteiger partial charge is 0.496 e. The molecule has 1 unspecified atom stereocenters. The highest BCUT2D eigenvalue weighted by Crippen LogP contribution is 2.44. The van der Waals surface area contributed by atoms with Crippen molar-refractivity contribution < 1.29 is 37.2 Å². The van der Waals surface area contributed by atoms with Crippen LogP contribution in [-0.2, 0) is 19.9 Å². The van der Waals surface area contributed by atoms with Crippen molar-refractivity contribution in [1.82, 2.24) is 0 Å². The minimum Gasteiger partial charge on any atom is -0.496 e. The van der Waals surface area contributed by atoms with Crippen LogP contribution in [0.15, 0.2) is 48.5 Å². The number of hydrogen-bond acceptors (Lipinski definition) is 6. The zero-order valence-electron chi connectivity index (χ0n) is 15.1. The van der Waals surface area contributed by atoms with Gasteiger partial charge < -0.3 is 14.8 Å². The molecule has 0 aliphatic carbocycles. The summed E-state index contributed by atoms with van der Waals surface area (Å²) >= 11 is 0. The van der Waals surface area contributed by atoms with Crippen LogP contribution in [0.3, 0.4) is 0 Å². The molecule has 0 spiro atoms. The standard InChI is InChI=1S/C18H15F3N2O6/c1-11(24)29-17(18(19,20)21,12-6-4-3-5-7-12)16(25)22-14-9-8-13(28-2)10-15(14)23(26)27/h3-10H,1-2H3,(H,22,25). The Morgan fingerprint density at radius 2 is 1.72 bits per heavy atom. The number of amides is 1. The predicted octanol–water partition coefficient (Wildman–Crippen LogP) is 3.56. The van der Waals surface area contributed by atoms with Gasteiger partial charge in [-0.3, -0.25) is 19.7 Å². The minimum atomic E-state index is -5.37. The Hall–Kier alpha value is -3.63. The van der Waals surface area contributed by atoms with E-state index in [-0.39, 0.29) is 5.75 Å². The second kappa shape index (κ2) is 8.17. The number of rotatable bonds is 6. The van der Waals surface area contributed by atoms with E-state index < -0.39 is 45.5 Å². The van der Waals surface area contributed by atoms with E-state index in [1.165, 1.54) is 31.4 Å². The third kappa shape index (κ3) is 4.28. The van der Waals surface area contributed by atoms with Crippen molar-refractivity contribution in [1.29, 1.82) is 0 Å². The van der Waals surface area contributed by atoms with E-state index in [0.717, 1.165) is 24.3 Å². The van der Waals surface area contributed by atoms with Crippen molar-refractivity contribution in [2.45, 2.75) is 18.7 Å². The molecule has 2 rings (SSSR count). The number of nitro benzene ring substituents is 1. The van der Waals surface area contributed by atoms with Crippen LogP contribution < -0.4 is 10.1 Å². The van der Waals surface area contributed by atoms with Gasteiger partial charge in [-0.05, 0) is 12.1 Å². The average Bonchev–Trinajstić information content (AvgIpc) is 2.65. The quantitative estimate of drug-likeness (QED) is 0.442. The number of carbonyl (C=O) groups is 2. The maximum absolute atomic E-state index is 14.1. The molecule has 0 saturated heterocycles. The molecule has 0 bridgehead atoms. The van der Waals surface area contributed by atoms with Gasteiger partial charge in [0.05, 0.1) is 18.1 Å². The number of esters is 1. The Morgan fingerprint density at radius 3 is 2.21 bits per heavy atom. The number of anilines is 1. The summed E-state index contributed by atoms with van der Waals surface area (Å²) in [6, 6.07) is 8.92. The average molecular weight is 412 g/mol. The molecular weight excluding hydrogens is 397 g/mol. The van der Waals surface area contributed by atoms with Crippen LogP contribution in [0.4, 0.5) is 24.5 Å². The lowest BCUT2D eigenvalue weighted by atomic mass is 9.91. The second-order valence-corrected chi connectivity index (χ2v) is 5.73. The highest BCUT2D eigenvalue weighted by molar-refractivity contribution is 6.01. The van der Waals surface area contributed by atoms with Crippen LogP contribution in [0.2, 0.25) is 0 Å². The fourth-order valence-electron chi connectivity index (χ4n) is 2.58. The Labute approximate surface area is 162 Å². The topological polar surface area (TPSA) is 108 Å². The fraction of sp³-hybridized carbons (Fsp3) is 0.222. The lowest BCUT2D eigenvalue weighted by Crippen LogP contribution is -2.54. The van der Waals surface area contributed by atoms with Crippen LogP contribution >= 0.6 is 0 Å². The van der Waals surface area contributed by atoms with E-state index in [2.05, 4.69) is 4.74 Å². The molecule has 0 aliphatic rings. The van der Waals surface area contributed by atoms with Crippen LogP contribution in [0.25, 0.3) is 0 Å². The van der Waals surface area contributed by atoms with Gasteiger partial charge in [0.15, 0.2) is 0 Å². The number of benzene rings is 2. The lowest BCUT2D eigenvalue weighted by molar-refractivity contribution is -0.384. The van der Waals surface area contributed by atoms with Crippen LogP contribution in [0.1, 0.15) is 12.5 Å². The molecule has 0 fully saturated rings. The van der Waals surface area contributed by atoms with Crippen molar-refractivity contribution in [2.24, 2.45) is 0 Å². The number of nitrogens with one attached hydrogen (secondary N) is 1. The summed E-state index contributed by atoms with van der Waals surface area (Å²) in [6.45, 7) is 0.715. The van der Waals surface area contributed by atoms with Crippen LogP contribution in [0.5, 0.6) is 5.75 Å². The first kappa shape index (κ1) is 21.7. The molecule has 8 nitrogen and oxygen atoms in total. The second-order valence-electron chi connectivity index (χ2n) is 5.73. The van der Waals surface area contributed by atoms with E-state index in [1.807, 2.05) is 5.32 Å². The molecule has 2 aromatic carbocycles. The molecule has 1 amide bonds. The molecule has 0 aromatic heterocycles. The fourth-order valence-corrected chi connectivity index (χ4v) is 2.58. The molecule has 1 atom stereocenters. The highest BCUT2D eigenvalue weighted by Gasteiger charge is 2.65. The molecule has 0 saturated carbocycles. The molecule has 0 aliphatic heterocycles. The van der Waals surface area contributed by atoms with Crippen molar-refractivity contribution in [2.75, 3.05) is 12.4 Å². The van der Waals surface area contributed by atoms with E-state index >= 15 is 0 Å². The van der Waals surface area contributed by atoms with Gasteiger partial charge in [-0.25, -0.2) is 0 Å². The van der Waals surface area contributed by atoms with Crippen LogP contribution in [0, 0.1) is 10.1 Å². The Morgan fingerprint density at radius 1 is 1.10 bits per heavy atom. The molecule has 0 radical (unpaired) electrons. The summed E-state index contributed by atoms with van der Waals surface area (Å²) in [5, 5.41) is 13.1. The summed E-state index contributed by atoms with van der Waals surface area (Å²) in [7, 11) is 1.24. The van der Waals surface area contributed by atoms with Gasteiger partial charge in [-0.15, -0.1) is 0 Å². The molecular formula is C18H15F3N2O6. The number of nitro groups is 1. The maximum atomic E-state index is 14.1. The zero-order chi connectivity index (χ0) is 21.8. The highest BCUT2D eigenvalue weighted by atomic mass is 19.4. The summed E-state index contributed by atoms with van der Waals surface area (Å²) in [5.74, 6) is -3.13. The SMILES string of the molecule is COc1ccc(NC(=O)C(OC(C)=O)(c2ccccc2)C(F)(F)F)c([N+](=O)[O-])c1. The van der Waals surface area contributed by atoms with Crippen LogP contribution in [-0.4, -0.2) is 30.1 Å². The smallest absolute Gasteiger partial charge is 0.442 e. The zero-order valence-corrected chi connectivity index (χ0v) is 15.1. The van der Waals surface area contributed by atoms with Crippen molar-refractivity contribution in [3.8, 4) is 5.75 Å². The van der Waals surface area contributed by atoms with Gasteiger partial charge in [0.25, 0.3) is 11.6 Å². The van der Waals surface area contributed by atoms with Gasteiger partial charge in [0, 0.05) is 12.5 Å². The van der Waals surface area contributed by atoms with Gasteiger partial charge in [-0.1, -0.05) is 30.3 Å². The maximum Gasteiger partial charge on any atom is 0.442 e. The summed E-state index contributed by atoms with van der Waals surface area (Å²) in [5.41, 5.74) is -5.62. The molecule has 29 heavy (non-hydrogen) atoms. The number of nitrogens with zero attached hydrogens (tertiary/aromatic N) is 1. The Balaban J connectivity index is 2.63. The van der Waals surface area contributed by atoms with Gasteiger partial charge in [-0.2, -0.15) is 13.2 Å². The summed E-state index contributed by atoms with van der Waals surface area (Å²) in [6.07, 6.45) is -5.37. The number of alkyl halides is 3. The van der Waals surface area contributed by atoms with Gasteiger partial charge >= 0.3 is 17.7 Å². The number of hydrogen-bond donors (Lipinski definition) is 1. The first-order valence-electron chi connectivity index (χ1n) is 7.98. The van der Waals surface area contributed by atoms with E-state index in [1.54, 1.807) is 0 Å². The number of carbonyl (C=O) groups excluding carboxylic acids is 2. The summed E-state index contributed by atoms with van der Waals surface area (Å²) in [4.78, 5) is 34.6. The molecule has 154 valence electrons. The third-order valence-electron chi connectivity index (χ3n) is 3.85. The number of halogens is 3. The molecule has 0 heterocycles. The summed E-state index contributed by atoms with van der Waals surface area (Å²) < 4.78 is 51.5. The first-order valence-corrected chi connectivity index (χ1v) is 7.98. The van der Waals surface area contributed by atoms with Crippen molar-refractivity contribution >= 4 is 23.3 Å². The monoisotopic (exact) mass is 412 g/mol. The van der Waals surface area contributed by atoms with Crippen molar-refractivity contribution in [3.05, 3.63) is 64.2 Å².